The molecular formula is C14H29N. The van der Waals surface area contributed by atoms with Crippen molar-refractivity contribution >= 4 is 0 Å². The smallest absolute Gasteiger partial charge is 0.00930 e. The van der Waals surface area contributed by atoms with Crippen molar-refractivity contribution in [1.82, 2.24) is 0 Å². The quantitative estimate of drug-likeness (QED) is 0.731. The predicted molar refractivity (Wildman–Crippen MR) is 67.8 cm³/mol. The number of hydrogen-bond donors (Lipinski definition) is 1. The maximum absolute atomic E-state index is 6.39. The van der Waals surface area contributed by atoms with E-state index in [9.17, 15) is 0 Å². The molecule has 1 heteroatoms. The first-order valence-corrected chi connectivity index (χ1v) is 6.94. The van der Waals surface area contributed by atoms with Gasteiger partial charge in [0.1, 0.15) is 0 Å². The third kappa shape index (κ3) is 3.79. The van der Waals surface area contributed by atoms with Gasteiger partial charge in [-0.15, -0.1) is 0 Å². The van der Waals surface area contributed by atoms with Crippen LogP contribution in [0.2, 0.25) is 0 Å². The highest BCUT2D eigenvalue weighted by Crippen LogP contribution is 2.34. The molecule has 1 fully saturated rings. The molecule has 1 rings (SSSR count). The third-order valence-corrected chi connectivity index (χ3v) is 4.35. The number of rotatable bonds is 5. The van der Waals surface area contributed by atoms with Gasteiger partial charge in [-0.25, -0.2) is 0 Å². The molecule has 0 aliphatic heterocycles. The summed E-state index contributed by atoms with van der Waals surface area (Å²) in [6.45, 7) is 6.93. The van der Waals surface area contributed by atoms with Crippen molar-refractivity contribution < 1.29 is 0 Å². The maximum atomic E-state index is 6.39. The molecule has 0 aromatic rings. The second kappa shape index (κ2) is 6.52. The van der Waals surface area contributed by atoms with Gasteiger partial charge in [0.2, 0.25) is 0 Å². The van der Waals surface area contributed by atoms with Gasteiger partial charge in [0.05, 0.1) is 0 Å². The highest BCUT2D eigenvalue weighted by atomic mass is 14.7. The standard InChI is InChI=1S/C14H29N/c1-4-7-11(3)14(15)13-9-6-8-12(5-2)10-13/h11-14H,4-10,15H2,1-3H3. The van der Waals surface area contributed by atoms with Crippen LogP contribution in [0.5, 0.6) is 0 Å². The lowest BCUT2D eigenvalue weighted by Gasteiger charge is -2.35. The molecule has 15 heavy (non-hydrogen) atoms. The Balaban J connectivity index is 2.40. The average molecular weight is 211 g/mol. The van der Waals surface area contributed by atoms with E-state index in [2.05, 4.69) is 20.8 Å². The van der Waals surface area contributed by atoms with Gasteiger partial charge in [0.15, 0.2) is 0 Å². The number of hydrogen-bond acceptors (Lipinski definition) is 1. The molecule has 0 radical (unpaired) electrons. The Morgan fingerprint density at radius 3 is 2.60 bits per heavy atom. The summed E-state index contributed by atoms with van der Waals surface area (Å²) in [5.74, 6) is 2.49. The molecule has 0 saturated heterocycles. The molecule has 0 bridgehead atoms. The van der Waals surface area contributed by atoms with Gasteiger partial charge in [-0.05, 0) is 37.0 Å². The highest BCUT2D eigenvalue weighted by Gasteiger charge is 2.28. The van der Waals surface area contributed by atoms with Crippen LogP contribution >= 0.6 is 0 Å². The summed E-state index contributed by atoms with van der Waals surface area (Å²) in [5, 5.41) is 0. The molecule has 1 saturated carbocycles. The minimum atomic E-state index is 0.458. The first kappa shape index (κ1) is 13.0. The zero-order valence-corrected chi connectivity index (χ0v) is 10.8. The van der Waals surface area contributed by atoms with Crippen molar-refractivity contribution in [1.29, 1.82) is 0 Å². The van der Waals surface area contributed by atoms with Gasteiger partial charge in [0.25, 0.3) is 0 Å². The summed E-state index contributed by atoms with van der Waals surface area (Å²) < 4.78 is 0. The summed E-state index contributed by atoms with van der Waals surface area (Å²) in [5.41, 5.74) is 6.39. The fraction of sp³-hybridized carbons (Fsp3) is 1.00. The SMILES string of the molecule is CCCC(C)C(N)C1CCCC(CC)C1. The normalized spacial score (nSPS) is 31.2. The van der Waals surface area contributed by atoms with Crippen LogP contribution in [-0.2, 0) is 0 Å². The molecule has 90 valence electrons. The van der Waals surface area contributed by atoms with Crippen LogP contribution in [0.1, 0.15) is 65.7 Å². The Labute approximate surface area is 95.8 Å². The Kier molecular flexibility index (Phi) is 5.66. The van der Waals surface area contributed by atoms with Crippen LogP contribution in [0.3, 0.4) is 0 Å². The maximum Gasteiger partial charge on any atom is 0.00930 e. The van der Waals surface area contributed by atoms with Gasteiger partial charge in [-0.2, -0.15) is 0 Å². The van der Waals surface area contributed by atoms with Crippen LogP contribution < -0.4 is 5.73 Å². The van der Waals surface area contributed by atoms with E-state index >= 15 is 0 Å². The predicted octanol–water partition coefficient (Wildman–Crippen LogP) is 3.97. The Morgan fingerprint density at radius 2 is 2.00 bits per heavy atom. The molecule has 0 aromatic carbocycles. The zero-order chi connectivity index (χ0) is 11.3. The number of nitrogens with two attached hydrogens (primary N) is 1. The van der Waals surface area contributed by atoms with Crippen molar-refractivity contribution in [3.63, 3.8) is 0 Å². The van der Waals surface area contributed by atoms with Crippen LogP contribution in [0.4, 0.5) is 0 Å². The fourth-order valence-electron chi connectivity index (χ4n) is 3.17. The van der Waals surface area contributed by atoms with E-state index in [-0.39, 0.29) is 0 Å². The molecule has 0 amide bonds. The van der Waals surface area contributed by atoms with Gasteiger partial charge < -0.3 is 5.73 Å². The van der Waals surface area contributed by atoms with E-state index in [0.717, 1.165) is 17.8 Å². The zero-order valence-electron chi connectivity index (χ0n) is 10.8. The largest absolute Gasteiger partial charge is 0.327 e. The molecule has 1 nitrogen and oxygen atoms in total. The first-order valence-electron chi connectivity index (χ1n) is 6.94. The lowest BCUT2D eigenvalue weighted by Crippen LogP contribution is -2.38. The van der Waals surface area contributed by atoms with Crippen molar-refractivity contribution in [3.8, 4) is 0 Å². The Morgan fingerprint density at radius 1 is 1.27 bits per heavy atom. The van der Waals surface area contributed by atoms with Gasteiger partial charge >= 0.3 is 0 Å². The molecule has 1 aliphatic rings. The van der Waals surface area contributed by atoms with Crippen molar-refractivity contribution in [2.45, 2.75) is 71.8 Å². The van der Waals surface area contributed by atoms with E-state index in [1.807, 2.05) is 0 Å². The van der Waals surface area contributed by atoms with Crippen LogP contribution in [0.15, 0.2) is 0 Å². The average Bonchev–Trinajstić information content (AvgIpc) is 2.28. The topological polar surface area (TPSA) is 26.0 Å². The molecular weight excluding hydrogens is 182 g/mol. The lowest BCUT2D eigenvalue weighted by molar-refractivity contribution is 0.194. The monoisotopic (exact) mass is 211 g/mol. The lowest BCUT2D eigenvalue weighted by atomic mass is 9.73. The van der Waals surface area contributed by atoms with Crippen molar-refractivity contribution in [3.05, 3.63) is 0 Å². The minimum absolute atomic E-state index is 0.458. The van der Waals surface area contributed by atoms with Crippen molar-refractivity contribution in [2.75, 3.05) is 0 Å². The first-order chi connectivity index (χ1) is 7.19. The summed E-state index contributed by atoms with van der Waals surface area (Å²) >= 11 is 0. The molecule has 4 unspecified atom stereocenters. The van der Waals surface area contributed by atoms with Crippen LogP contribution in [0.25, 0.3) is 0 Å². The fourth-order valence-corrected chi connectivity index (χ4v) is 3.17. The summed E-state index contributed by atoms with van der Waals surface area (Å²) in [7, 11) is 0. The van der Waals surface area contributed by atoms with Crippen molar-refractivity contribution in [2.24, 2.45) is 23.5 Å². The minimum Gasteiger partial charge on any atom is -0.327 e. The molecule has 1 aliphatic carbocycles. The summed E-state index contributed by atoms with van der Waals surface area (Å²) in [6, 6.07) is 0.458. The molecule has 4 atom stereocenters. The van der Waals surface area contributed by atoms with Crippen LogP contribution in [0, 0.1) is 17.8 Å². The second-order valence-corrected chi connectivity index (χ2v) is 5.54. The van der Waals surface area contributed by atoms with Gasteiger partial charge in [0, 0.05) is 6.04 Å². The van der Waals surface area contributed by atoms with Gasteiger partial charge in [-0.1, -0.05) is 46.5 Å². The summed E-state index contributed by atoms with van der Waals surface area (Å²) in [4.78, 5) is 0. The molecule has 0 heterocycles. The van der Waals surface area contributed by atoms with E-state index in [0.29, 0.717) is 6.04 Å². The Hall–Kier alpha value is -0.0400. The highest BCUT2D eigenvalue weighted by molar-refractivity contribution is 4.83. The van der Waals surface area contributed by atoms with E-state index in [1.165, 1.54) is 44.9 Å². The van der Waals surface area contributed by atoms with Crippen LogP contribution in [-0.4, -0.2) is 6.04 Å². The van der Waals surface area contributed by atoms with E-state index in [1.54, 1.807) is 0 Å². The molecule has 2 N–H and O–H groups in total. The second-order valence-electron chi connectivity index (χ2n) is 5.54. The van der Waals surface area contributed by atoms with E-state index in [4.69, 9.17) is 5.73 Å². The Bertz CT molecular complexity index is 167. The molecule has 0 spiro atoms. The summed E-state index contributed by atoms with van der Waals surface area (Å²) in [6.07, 6.45) is 9.56. The van der Waals surface area contributed by atoms with Gasteiger partial charge in [-0.3, -0.25) is 0 Å². The van der Waals surface area contributed by atoms with E-state index < -0.39 is 0 Å². The third-order valence-electron chi connectivity index (χ3n) is 4.35. The molecule has 0 aromatic heterocycles.